The summed E-state index contributed by atoms with van der Waals surface area (Å²) in [5.74, 6) is 0. The molecule has 1 rings (SSSR count). The van der Waals surface area contributed by atoms with E-state index in [-0.39, 0.29) is 0 Å². The highest BCUT2D eigenvalue weighted by Crippen LogP contribution is 2.24. The average Bonchev–Trinajstić information content (AvgIpc) is 2.03. The first-order chi connectivity index (χ1) is 5.27. The van der Waals surface area contributed by atoms with Crippen molar-refractivity contribution in [3.63, 3.8) is 0 Å². The smallest absolute Gasteiger partial charge is 0.125 e. The molecule has 0 aromatic carbocycles. The third-order valence-electron chi connectivity index (χ3n) is 2.06. The average molecular weight is 151 g/mol. The van der Waals surface area contributed by atoms with Crippen LogP contribution in [0.25, 0.3) is 0 Å². The summed E-state index contributed by atoms with van der Waals surface area (Å²) in [5, 5.41) is 11.7. The second kappa shape index (κ2) is 3.72. The van der Waals surface area contributed by atoms with Crippen LogP contribution in [0, 0.1) is 0 Å². The zero-order valence-electron chi connectivity index (χ0n) is 7.05. The number of hydrogen-bond donors (Lipinski definition) is 0. The molecule has 0 N–H and O–H groups in total. The van der Waals surface area contributed by atoms with Gasteiger partial charge in [-0.1, -0.05) is 38.0 Å². The van der Waals surface area contributed by atoms with Crippen molar-refractivity contribution in [2.45, 2.75) is 38.2 Å². The highest BCUT2D eigenvalue weighted by Gasteiger charge is 2.24. The van der Waals surface area contributed by atoms with E-state index in [1.807, 2.05) is 18.2 Å². The largest absolute Gasteiger partial charge is 0.225 e. The SMILES string of the molecule is CCCCC1([O])C=CC=CC1. The van der Waals surface area contributed by atoms with Crippen molar-refractivity contribution in [1.82, 2.24) is 0 Å². The van der Waals surface area contributed by atoms with E-state index in [0.717, 1.165) is 19.3 Å². The highest BCUT2D eigenvalue weighted by atomic mass is 16.3. The van der Waals surface area contributed by atoms with Crippen LogP contribution in [-0.4, -0.2) is 5.60 Å². The first-order valence-electron chi connectivity index (χ1n) is 4.32. The number of unbranched alkanes of at least 4 members (excludes halogenated alkanes) is 1. The summed E-state index contributed by atoms with van der Waals surface area (Å²) in [6, 6.07) is 0. The van der Waals surface area contributed by atoms with Gasteiger partial charge in [-0.15, -0.1) is 0 Å². The molecule has 1 atom stereocenters. The molecule has 11 heavy (non-hydrogen) atoms. The lowest BCUT2D eigenvalue weighted by molar-refractivity contribution is 0.00684. The molecule has 0 heterocycles. The highest BCUT2D eigenvalue weighted by molar-refractivity contribution is 5.17. The lowest BCUT2D eigenvalue weighted by Crippen LogP contribution is -2.23. The molecule has 1 radical (unpaired) electrons. The summed E-state index contributed by atoms with van der Waals surface area (Å²) >= 11 is 0. The molecule has 0 bridgehead atoms. The number of rotatable bonds is 3. The first kappa shape index (κ1) is 8.54. The van der Waals surface area contributed by atoms with Gasteiger partial charge in [0.2, 0.25) is 0 Å². The van der Waals surface area contributed by atoms with Crippen molar-refractivity contribution in [3.8, 4) is 0 Å². The minimum Gasteiger partial charge on any atom is -0.225 e. The molecular weight excluding hydrogens is 136 g/mol. The Kier molecular flexibility index (Phi) is 2.89. The maximum Gasteiger partial charge on any atom is 0.125 e. The lowest BCUT2D eigenvalue weighted by atomic mass is 9.90. The predicted octanol–water partition coefficient (Wildman–Crippen LogP) is 2.86. The standard InChI is InChI=1S/C10H15O/c1-2-3-7-10(11)8-5-4-6-9-10/h4-6,8H,2-3,7,9H2,1H3. The molecule has 0 spiro atoms. The van der Waals surface area contributed by atoms with Crippen LogP contribution in [0.15, 0.2) is 24.3 Å². The van der Waals surface area contributed by atoms with Gasteiger partial charge in [0.05, 0.1) is 0 Å². The van der Waals surface area contributed by atoms with E-state index in [2.05, 4.69) is 6.92 Å². The Morgan fingerprint density at radius 1 is 1.45 bits per heavy atom. The van der Waals surface area contributed by atoms with Crippen molar-refractivity contribution < 1.29 is 5.11 Å². The van der Waals surface area contributed by atoms with Gasteiger partial charge in [-0.05, 0) is 12.5 Å². The molecule has 0 aliphatic heterocycles. The van der Waals surface area contributed by atoms with E-state index < -0.39 is 5.60 Å². The topological polar surface area (TPSA) is 19.9 Å². The third-order valence-corrected chi connectivity index (χ3v) is 2.06. The Morgan fingerprint density at radius 2 is 2.27 bits per heavy atom. The minimum atomic E-state index is -0.787. The number of allylic oxidation sites excluding steroid dienone is 2. The predicted molar refractivity (Wildman–Crippen MR) is 45.8 cm³/mol. The normalized spacial score (nSPS) is 29.3. The molecule has 0 fully saturated rings. The molecule has 0 aromatic heterocycles. The van der Waals surface area contributed by atoms with Crippen molar-refractivity contribution in [1.29, 1.82) is 0 Å². The van der Waals surface area contributed by atoms with E-state index in [4.69, 9.17) is 0 Å². The van der Waals surface area contributed by atoms with Crippen LogP contribution in [0.4, 0.5) is 0 Å². The molecule has 0 saturated carbocycles. The molecule has 61 valence electrons. The quantitative estimate of drug-likeness (QED) is 0.591. The fourth-order valence-corrected chi connectivity index (χ4v) is 1.31. The van der Waals surface area contributed by atoms with Crippen molar-refractivity contribution in [2.75, 3.05) is 0 Å². The molecule has 1 unspecified atom stereocenters. The van der Waals surface area contributed by atoms with Gasteiger partial charge in [-0.25, -0.2) is 5.11 Å². The van der Waals surface area contributed by atoms with Crippen LogP contribution in [0.1, 0.15) is 32.6 Å². The van der Waals surface area contributed by atoms with Crippen LogP contribution >= 0.6 is 0 Å². The monoisotopic (exact) mass is 151 g/mol. The van der Waals surface area contributed by atoms with E-state index >= 15 is 0 Å². The maximum absolute atomic E-state index is 11.7. The van der Waals surface area contributed by atoms with Crippen LogP contribution < -0.4 is 0 Å². The number of hydrogen-bond acceptors (Lipinski definition) is 0. The van der Waals surface area contributed by atoms with Crippen LogP contribution in [0.3, 0.4) is 0 Å². The molecule has 1 nitrogen and oxygen atoms in total. The molecule has 0 saturated heterocycles. The molecule has 1 aliphatic carbocycles. The Labute approximate surface area is 68.4 Å². The second-order valence-electron chi connectivity index (χ2n) is 3.16. The van der Waals surface area contributed by atoms with Gasteiger partial charge < -0.3 is 0 Å². The molecule has 1 aliphatic rings. The second-order valence-corrected chi connectivity index (χ2v) is 3.16. The Morgan fingerprint density at radius 3 is 2.82 bits per heavy atom. The van der Waals surface area contributed by atoms with Crippen molar-refractivity contribution in [3.05, 3.63) is 24.3 Å². The zero-order valence-corrected chi connectivity index (χ0v) is 7.05. The minimum absolute atomic E-state index is 0.670. The van der Waals surface area contributed by atoms with Gasteiger partial charge in [0.25, 0.3) is 0 Å². The van der Waals surface area contributed by atoms with Gasteiger partial charge in [0.15, 0.2) is 0 Å². The summed E-state index contributed by atoms with van der Waals surface area (Å²) in [5.41, 5.74) is -0.787. The third kappa shape index (κ3) is 2.51. The van der Waals surface area contributed by atoms with Gasteiger partial charge in [0, 0.05) is 6.42 Å². The summed E-state index contributed by atoms with van der Waals surface area (Å²) in [6.07, 6.45) is 11.2. The molecule has 0 aromatic rings. The van der Waals surface area contributed by atoms with E-state index in [0.29, 0.717) is 6.42 Å². The van der Waals surface area contributed by atoms with Gasteiger partial charge in [0.1, 0.15) is 5.60 Å². The van der Waals surface area contributed by atoms with E-state index in [9.17, 15) is 5.11 Å². The Balaban J connectivity index is 2.40. The van der Waals surface area contributed by atoms with Gasteiger partial charge >= 0.3 is 0 Å². The molecular formula is C10H15O. The Bertz CT molecular complexity index is 170. The fraction of sp³-hybridized carbons (Fsp3) is 0.600. The van der Waals surface area contributed by atoms with E-state index in [1.54, 1.807) is 6.08 Å². The summed E-state index contributed by atoms with van der Waals surface area (Å²) in [4.78, 5) is 0. The van der Waals surface area contributed by atoms with E-state index in [1.165, 1.54) is 0 Å². The fourth-order valence-electron chi connectivity index (χ4n) is 1.31. The van der Waals surface area contributed by atoms with Gasteiger partial charge in [-0.2, -0.15) is 0 Å². The van der Waals surface area contributed by atoms with Crippen LogP contribution in [0.5, 0.6) is 0 Å². The lowest BCUT2D eigenvalue weighted by Gasteiger charge is -2.21. The molecule has 0 amide bonds. The van der Waals surface area contributed by atoms with Crippen LogP contribution in [0.2, 0.25) is 0 Å². The summed E-state index contributed by atoms with van der Waals surface area (Å²) in [6.45, 7) is 2.12. The van der Waals surface area contributed by atoms with Crippen molar-refractivity contribution in [2.24, 2.45) is 0 Å². The van der Waals surface area contributed by atoms with Crippen molar-refractivity contribution >= 4 is 0 Å². The van der Waals surface area contributed by atoms with Crippen LogP contribution in [-0.2, 0) is 5.11 Å². The summed E-state index contributed by atoms with van der Waals surface area (Å²) in [7, 11) is 0. The van der Waals surface area contributed by atoms with Gasteiger partial charge in [-0.3, -0.25) is 0 Å². The molecule has 1 heteroatoms. The zero-order chi connectivity index (χ0) is 8.16. The summed E-state index contributed by atoms with van der Waals surface area (Å²) < 4.78 is 0. The maximum atomic E-state index is 11.7. The Hall–Kier alpha value is -0.560. The first-order valence-corrected chi connectivity index (χ1v) is 4.32.